The second-order valence-electron chi connectivity index (χ2n) is 5.08. The minimum absolute atomic E-state index is 0.0417. The van der Waals surface area contributed by atoms with E-state index in [-0.39, 0.29) is 5.75 Å². The fourth-order valence-electron chi connectivity index (χ4n) is 2.33. The number of fused-ring (bicyclic) bond motifs is 1. The van der Waals surface area contributed by atoms with Crippen LogP contribution in [0.25, 0.3) is 16.9 Å². The van der Waals surface area contributed by atoms with Crippen molar-refractivity contribution in [2.75, 3.05) is 5.75 Å². The topological polar surface area (TPSA) is 104 Å². The van der Waals surface area contributed by atoms with Crippen molar-refractivity contribution in [3.63, 3.8) is 0 Å². The number of hydrogen-bond donors (Lipinski definition) is 1. The second kappa shape index (κ2) is 6.23. The molecular weight excluding hydrogens is 338 g/mol. The molecule has 3 rings (SSSR count). The molecule has 0 unspecified atom stereocenters. The highest BCUT2D eigenvalue weighted by atomic mass is 35.5. The average molecular weight is 352 g/mol. The summed E-state index contributed by atoms with van der Waals surface area (Å²) in [5.74, 6) is 0.641. The Hall–Kier alpha value is -2.03. The predicted molar refractivity (Wildman–Crippen MR) is 88.0 cm³/mol. The van der Waals surface area contributed by atoms with Crippen molar-refractivity contribution in [2.45, 2.75) is 12.8 Å². The van der Waals surface area contributed by atoms with Crippen molar-refractivity contribution >= 4 is 32.7 Å². The predicted octanol–water partition coefficient (Wildman–Crippen LogP) is 1.69. The molecule has 0 radical (unpaired) electrons. The summed E-state index contributed by atoms with van der Waals surface area (Å²) in [6.07, 6.45) is 5.96. The second-order valence-corrected chi connectivity index (χ2v) is 7.17. The highest BCUT2D eigenvalue weighted by molar-refractivity contribution is 7.89. The van der Waals surface area contributed by atoms with Crippen molar-refractivity contribution in [1.82, 2.24) is 19.5 Å². The molecule has 0 aliphatic rings. The van der Waals surface area contributed by atoms with Crippen LogP contribution in [0.3, 0.4) is 0 Å². The number of sulfonamides is 1. The van der Waals surface area contributed by atoms with Crippen LogP contribution >= 0.6 is 11.6 Å². The molecule has 0 bridgehead atoms. The molecule has 2 N–H and O–H groups in total. The molecule has 0 spiro atoms. The molecule has 0 atom stereocenters. The summed E-state index contributed by atoms with van der Waals surface area (Å²) in [5.41, 5.74) is 1.64. The number of nitrogens with zero attached hydrogens (tertiary/aromatic N) is 4. The Labute approximate surface area is 138 Å². The standard InChI is InChI=1S/C14H14ClN5O2S/c15-13-11-4-6-20(14(11)19-9-18-13)12-8-10(3-5-17-12)2-1-7-23(16,21)22/h3-6,8-9H,1-2,7H2,(H2,16,21,22). The average Bonchev–Trinajstić information content (AvgIpc) is 2.92. The molecular formula is C14H14ClN5O2S. The van der Waals surface area contributed by atoms with Crippen LogP contribution in [-0.4, -0.2) is 33.7 Å². The Morgan fingerprint density at radius 2 is 2.04 bits per heavy atom. The van der Waals surface area contributed by atoms with Crippen LogP contribution in [0.1, 0.15) is 12.0 Å². The molecule has 9 heteroatoms. The summed E-state index contributed by atoms with van der Waals surface area (Å²) < 4.78 is 23.8. The first-order valence-electron chi connectivity index (χ1n) is 6.87. The lowest BCUT2D eigenvalue weighted by Crippen LogP contribution is -2.16. The number of aromatic nitrogens is 4. The van der Waals surface area contributed by atoms with Gasteiger partial charge >= 0.3 is 0 Å². The van der Waals surface area contributed by atoms with Crippen LogP contribution in [0.4, 0.5) is 0 Å². The number of aryl methyl sites for hydroxylation is 1. The van der Waals surface area contributed by atoms with Crippen LogP contribution in [0, 0.1) is 0 Å². The quantitative estimate of drug-likeness (QED) is 0.704. The maximum atomic E-state index is 11.0. The Kier molecular flexibility index (Phi) is 4.29. The molecule has 0 amide bonds. The zero-order valence-corrected chi connectivity index (χ0v) is 13.6. The maximum Gasteiger partial charge on any atom is 0.209 e. The lowest BCUT2D eigenvalue weighted by atomic mass is 10.1. The number of nitrogens with two attached hydrogens (primary N) is 1. The molecule has 3 aromatic rings. The third-order valence-corrected chi connectivity index (χ3v) is 4.54. The minimum atomic E-state index is -3.43. The summed E-state index contributed by atoms with van der Waals surface area (Å²) >= 11 is 6.05. The first kappa shape index (κ1) is 15.9. The lowest BCUT2D eigenvalue weighted by molar-refractivity contribution is 0.595. The van der Waals surface area contributed by atoms with E-state index in [1.807, 2.05) is 29.0 Å². The van der Waals surface area contributed by atoms with E-state index in [0.29, 0.717) is 29.5 Å². The van der Waals surface area contributed by atoms with Crippen molar-refractivity contribution in [3.8, 4) is 5.82 Å². The van der Waals surface area contributed by atoms with Crippen LogP contribution in [0.15, 0.2) is 36.9 Å². The summed E-state index contributed by atoms with van der Waals surface area (Å²) in [7, 11) is -3.43. The summed E-state index contributed by atoms with van der Waals surface area (Å²) in [6.45, 7) is 0. The molecule has 0 aliphatic heterocycles. The Balaban J connectivity index is 1.88. The molecule has 120 valence electrons. The van der Waals surface area contributed by atoms with Gasteiger partial charge in [-0.3, -0.25) is 4.57 Å². The van der Waals surface area contributed by atoms with Gasteiger partial charge in [0.05, 0.1) is 11.1 Å². The molecule has 7 nitrogen and oxygen atoms in total. The largest absolute Gasteiger partial charge is 0.285 e. The van der Waals surface area contributed by atoms with Gasteiger partial charge in [0.25, 0.3) is 0 Å². The molecule has 0 saturated carbocycles. The molecule has 0 saturated heterocycles. The highest BCUT2D eigenvalue weighted by Crippen LogP contribution is 2.22. The van der Waals surface area contributed by atoms with Gasteiger partial charge in [0, 0.05) is 12.4 Å². The number of rotatable bonds is 5. The van der Waals surface area contributed by atoms with Crippen molar-refractivity contribution in [1.29, 1.82) is 0 Å². The van der Waals surface area contributed by atoms with E-state index in [9.17, 15) is 8.42 Å². The van der Waals surface area contributed by atoms with Gasteiger partial charge in [-0.1, -0.05) is 11.6 Å². The maximum absolute atomic E-state index is 11.0. The Bertz CT molecular complexity index is 955. The number of halogens is 1. The van der Waals surface area contributed by atoms with E-state index >= 15 is 0 Å². The van der Waals surface area contributed by atoms with E-state index in [2.05, 4.69) is 15.0 Å². The third kappa shape index (κ3) is 3.66. The van der Waals surface area contributed by atoms with E-state index in [4.69, 9.17) is 16.7 Å². The first-order chi connectivity index (χ1) is 10.9. The Morgan fingerprint density at radius 3 is 2.83 bits per heavy atom. The summed E-state index contributed by atoms with van der Waals surface area (Å²) in [4.78, 5) is 12.5. The van der Waals surface area contributed by atoms with Crippen molar-refractivity contribution < 1.29 is 8.42 Å². The van der Waals surface area contributed by atoms with E-state index in [0.717, 1.165) is 10.9 Å². The van der Waals surface area contributed by atoms with Crippen molar-refractivity contribution in [3.05, 3.63) is 47.6 Å². The molecule has 3 heterocycles. The van der Waals surface area contributed by atoms with Crippen LogP contribution in [0.2, 0.25) is 5.15 Å². The monoisotopic (exact) mass is 351 g/mol. The van der Waals surface area contributed by atoms with Gasteiger partial charge in [-0.15, -0.1) is 0 Å². The summed E-state index contributed by atoms with van der Waals surface area (Å²) in [6, 6.07) is 5.56. The molecule has 0 aliphatic carbocycles. The van der Waals surface area contributed by atoms with E-state index < -0.39 is 10.0 Å². The van der Waals surface area contributed by atoms with Crippen molar-refractivity contribution in [2.24, 2.45) is 5.14 Å². The molecule has 0 fully saturated rings. The van der Waals surface area contributed by atoms with Gasteiger partial charge in [-0.25, -0.2) is 28.5 Å². The minimum Gasteiger partial charge on any atom is -0.285 e. The van der Waals surface area contributed by atoms with Crippen LogP contribution in [0.5, 0.6) is 0 Å². The summed E-state index contributed by atoms with van der Waals surface area (Å²) in [5, 5.41) is 6.15. The third-order valence-electron chi connectivity index (χ3n) is 3.38. The molecule has 3 aromatic heterocycles. The normalized spacial score (nSPS) is 11.9. The zero-order chi connectivity index (χ0) is 16.4. The number of pyridine rings is 1. The van der Waals surface area contributed by atoms with Gasteiger partial charge in [0.15, 0.2) is 5.65 Å². The zero-order valence-electron chi connectivity index (χ0n) is 12.1. The van der Waals surface area contributed by atoms with Gasteiger partial charge in [0.2, 0.25) is 10.0 Å². The SMILES string of the molecule is NS(=O)(=O)CCCc1ccnc(-n2ccc3c(Cl)ncnc32)c1. The Morgan fingerprint density at radius 1 is 1.22 bits per heavy atom. The number of hydrogen-bond acceptors (Lipinski definition) is 5. The number of primary sulfonamides is 1. The lowest BCUT2D eigenvalue weighted by Gasteiger charge is -2.06. The van der Waals surface area contributed by atoms with Gasteiger partial charge in [0.1, 0.15) is 17.3 Å². The smallest absolute Gasteiger partial charge is 0.209 e. The molecule has 23 heavy (non-hydrogen) atoms. The van der Waals surface area contributed by atoms with E-state index in [1.165, 1.54) is 6.33 Å². The fourth-order valence-corrected chi connectivity index (χ4v) is 3.07. The van der Waals surface area contributed by atoms with Crippen LogP contribution in [-0.2, 0) is 16.4 Å². The van der Waals surface area contributed by atoms with Gasteiger partial charge in [-0.05, 0) is 36.6 Å². The fraction of sp³-hybridized carbons (Fsp3) is 0.214. The molecule has 0 aromatic carbocycles. The van der Waals surface area contributed by atoms with Gasteiger partial charge in [-0.2, -0.15) is 0 Å². The van der Waals surface area contributed by atoms with Crippen LogP contribution < -0.4 is 5.14 Å². The first-order valence-corrected chi connectivity index (χ1v) is 8.97. The highest BCUT2D eigenvalue weighted by Gasteiger charge is 2.10. The van der Waals surface area contributed by atoms with E-state index in [1.54, 1.807) is 6.20 Å². The van der Waals surface area contributed by atoms with Gasteiger partial charge < -0.3 is 0 Å².